The Morgan fingerprint density at radius 2 is 1.85 bits per heavy atom. The maximum Gasteiger partial charge on any atom is 0.339 e. The van der Waals surface area contributed by atoms with E-state index in [0.29, 0.717) is 0 Å². The second-order valence-electron chi connectivity index (χ2n) is 5.83. The molecular weight excluding hydrogens is 282 g/mol. The first-order valence-corrected chi connectivity index (χ1v) is 7.49. The molecule has 20 heavy (non-hydrogen) atoms. The van der Waals surface area contributed by atoms with Crippen molar-refractivity contribution in [2.75, 3.05) is 6.54 Å². The summed E-state index contributed by atoms with van der Waals surface area (Å²) < 4.78 is 26.8. The van der Waals surface area contributed by atoms with Crippen molar-refractivity contribution in [1.82, 2.24) is 4.72 Å². The molecule has 0 atom stereocenters. The molecule has 0 aliphatic heterocycles. The number of benzene rings is 1. The monoisotopic (exact) mass is 301 g/mol. The highest BCUT2D eigenvalue weighted by atomic mass is 32.2. The van der Waals surface area contributed by atoms with Gasteiger partial charge in [0, 0.05) is 6.54 Å². The predicted molar refractivity (Wildman–Crippen MR) is 74.4 cm³/mol. The Labute approximate surface area is 118 Å². The zero-order valence-electron chi connectivity index (χ0n) is 11.9. The molecule has 1 aromatic rings. The van der Waals surface area contributed by atoms with Crippen molar-refractivity contribution in [3.05, 3.63) is 23.3 Å². The van der Waals surface area contributed by atoms with E-state index in [1.807, 2.05) is 20.8 Å². The van der Waals surface area contributed by atoms with Crippen LogP contribution < -0.4 is 4.72 Å². The minimum Gasteiger partial charge on any atom is -0.507 e. The van der Waals surface area contributed by atoms with E-state index in [9.17, 15) is 18.3 Å². The molecule has 0 saturated heterocycles. The van der Waals surface area contributed by atoms with Crippen LogP contribution in [-0.2, 0) is 10.0 Å². The SMILES string of the molecule is Cc1cc(O)c(C(=O)O)cc1S(=O)(=O)NCC(C)(C)C. The molecule has 0 unspecified atom stereocenters. The van der Waals surface area contributed by atoms with Crippen LogP contribution in [0, 0.1) is 12.3 Å². The number of phenols is 1. The Bertz CT molecular complexity index is 629. The zero-order valence-corrected chi connectivity index (χ0v) is 12.7. The standard InChI is InChI=1S/C13H19NO5S/c1-8-5-10(15)9(12(16)17)6-11(8)20(18,19)14-7-13(2,3)4/h5-6,14-15H,7H2,1-4H3,(H,16,17). The number of carboxylic acids is 1. The molecule has 0 radical (unpaired) electrons. The molecule has 0 heterocycles. The second-order valence-corrected chi connectivity index (χ2v) is 7.56. The summed E-state index contributed by atoms with van der Waals surface area (Å²) in [6, 6.07) is 2.10. The first-order valence-electron chi connectivity index (χ1n) is 6.00. The average molecular weight is 301 g/mol. The lowest BCUT2D eigenvalue weighted by Crippen LogP contribution is -2.32. The summed E-state index contributed by atoms with van der Waals surface area (Å²) in [4.78, 5) is 10.8. The lowest BCUT2D eigenvalue weighted by Gasteiger charge is -2.19. The van der Waals surface area contributed by atoms with Gasteiger partial charge in [0.1, 0.15) is 11.3 Å². The van der Waals surface area contributed by atoms with E-state index in [0.717, 1.165) is 12.1 Å². The van der Waals surface area contributed by atoms with Crippen molar-refractivity contribution in [2.45, 2.75) is 32.6 Å². The van der Waals surface area contributed by atoms with E-state index >= 15 is 0 Å². The van der Waals surface area contributed by atoms with Crippen LogP contribution in [-0.4, -0.2) is 31.1 Å². The fourth-order valence-corrected chi connectivity index (χ4v) is 3.06. The highest BCUT2D eigenvalue weighted by Gasteiger charge is 2.23. The molecule has 0 fully saturated rings. The normalized spacial score (nSPS) is 12.4. The van der Waals surface area contributed by atoms with Crippen LogP contribution in [0.4, 0.5) is 0 Å². The molecule has 1 aromatic carbocycles. The van der Waals surface area contributed by atoms with Crippen molar-refractivity contribution in [3.8, 4) is 5.75 Å². The van der Waals surface area contributed by atoms with Crippen molar-refractivity contribution in [1.29, 1.82) is 0 Å². The van der Waals surface area contributed by atoms with Crippen LogP contribution in [0.1, 0.15) is 36.7 Å². The summed E-state index contributed by atoms with van der Waals surface area (Å²) in [5.74, 6) is -1.83. The Kier molecular flexibility index (Phi) is 4.45. The Hall–Kier alpha value is -1.60. The van der Waals surface area contributed by atoms with Gasteiger partial charge in [-0.25, -0.2) is 17.9 Å². The summed E-state index contributed by atoms with van der Waals surface area (Å²) in [6.07, 6.45) is 0. The van der Waals surface area contributed by atoms with E-state index in [4.69, 9.17) is 5.11 Å². The summed E-state index contributed by atoms with van der Waals surface area (Å²) in [5.41, 5.74) is -0.395. The number of aromatic carboxylic acids is 1. The number of nitrogens with one attached hydrogen (secondary N) is 1. The van der Waals surface area contributed by atoms with Crippen molar-refractivity contribution < 1.29 is 23.4 Å². The van der Waals surface area contributed by atoms with Crippen LogP contribution in [0.15, 0.2) is 17.0 Å². The molecule has 0 amide bonds. The average Bonchev–Trinajstić information content (AvgIpc) is 2.24. The highest BCUT2D eigenvalue weighted by molar-refractivity contribution is 7.89. The molecule has 1 rings (SSSR count). The zero-order chi connectivity index (χ0) is 15.7. The van der Waals surface area contributed by atoms with E-state index in [-0.39, 0.29) is 22.4 Å². The first kappa shape index (κ1) is 16.5. The molecular formula is C13H19NO5S. The topological polar surface area (TPSA) is 104 Å². The lowest BCUT2D eigenvalue weighted by atomic mass is 9.98. The first-order chi connectivity index (χ1) is 8.94. The van der Waals surface area contributed by atoms with Gasteiger partial charge < -0.3 is 10.2 Å². The number of carbonyl (C=O) groups is 1. The number of aromatic hydroxyl groups is 1. The summed E-state index contributed by atoms with van der Waals surface area (Å²) in [5, 5.41) is 18.4. The Balaban J connectivity index is 3.25. The van der Waals surface area contributed by atoms with Gasteiger partial charge in [0.2, 0.25) is 10.0 Å². The van der Waals surface area contributed by atoms with Gasteiger partial charge in [-0.05, 0) is 30.0 Å². The van der Waals surface area contributed by atoms with Gasteiger partial charge in [0.25, 0.3) is 0 Å². The molecule has 112 valence electrons. The number of hydrogen-bond acceptors (Lipinski definition) is 4. The summed E-state index contributed by atoms with van der Waals surface area (Å²) in [6.45, 7) is 7.35. The molecule has 0 bridgehead atoms. The fourth-order valence-electron chi connectivity index (χ4n) is 1.52. The largest absolute Gasteiger partial charge is 0.507 e. The van der Waals surface area contributed by atoms with E-state index in [1.54, 1.807) is 0 Å². The van der Waals surface area contributed by atoms with Gasteiger partial charge >= 0.3 is 5.97 Å². The maximum atomic E-state index is 12.2. The number of carboxylic acid groups (broad SMARTS) is 1. The van der Waals surface area contributed by atoms with Crippen LogP contribution in [0.25, 0.3) is 0 Å². The van der Waals surface area contributed by atoms with E-state index < -0.39 is 27.3 Å². The van der Waals surface area contributed by atoms with E-state index in [1.165, 1.54) is 6.92 Å². The number of rotatable bonds is 4. The molecule has 0 aliphatic carbocycles. The third-order valence-corrected chi connectivity index (χ3v) is 4.15. The Morgan fingerprint density at radius 1 is 1.30 bits per heavy atom. The van der Waals surface area contributed by atoms with Crippen molar-refractivity contribution in [3.63, 3.8) is 0 Å². The maximum absolute atomic E-state index is 12.2. The summed E-state index contributed by atoms with van der Waals surface area (Å²) >= 11 is 0. The number of aryl methyl sites for hydroxylation is 1. The molecule has 0 aliphatic rings. The number of sulfonamides is 1. The fraction of sp³-hybridized carbons (Fsp3) is 0.462. The van der Waals surface area contributed by atoms with Crippen molar-refractivity contribution >= 4 is 16.0 Å². The van der Waals surface area contributed by atoms with Gasteiger partial charge in [-0.2, -0.15) is 0 Å². The third-order valence-electron chi connectivity index (χ3n) is 2.61. The van der Waals surface area contributed by atoms with Gasteiger partial charge in [0.15, 0.2) is 0 Å². The number of hydrogen-bond donors (Lipinski definition) is 3. The molecule has 6 nitrogen and oxygen atoms in total. The van der Waals surface area contributed by atoms with Gasteiger partial charge in [0.05, 0.1) is 4.90 Å². The second kappa shape index (κ2) is 5.41. The minimum absolute atomic E-state index is 0.142. The molecule has 0 spiro atoms. The third kappa shape index (κ3) is 3.94. The summed E-state index contributed by atoms with van der Waals surface area (Å²) in [7, 11) is -3.82. The van der Waals surface area contributed by atoms with Crippen LogP contribution in [0.3, 0.4) is 0 Å². The van der Waals surface area contributed by atoms with Crippen molar-refractivity contribution in [2.24, 2.45) is 5.41 Å². The predicted octanol–water partition coefficient (Wildman–Crippen LogP) is 1.72. The molecule has 3 N–H and O–H groups in total. The van der Waals surface area contributed by atoms with Gasteiger partial charge in [-0.15, -0.1) is 0 Å². The smallest absolute Gasteiger partial charge is 0.339 e. The van der Waals surface area contributed by atoms with Crippen LogP contribution in [0.2, 0.25) is 0 Å². The van der Waals surface area contributed by atoms with Gasteiger partial charge in [-0.1, -0.05) is 20.8 Å². The van der Waals surface area contributed by atoms with Crippen LogP contribution in [0.5, 0.6) is 5.75 Å². The highest BCUT2D eigenvalue weighted by Crippen LogP contribution is 2.25. The minimum atomic E-state index is -3.82. The van der Waals surface area contributed by atoms with Gasteiger partial charge in [-0.3, -0.25) is 0 Å². The quantitative estimate of drug-likeness (QED) is 0.785. The van der Waals surface area contributed by atoms with E-state index in [2.05, 4.69) is 4.72 Å². The molecule has 0 saturated carbocycles. The lowest BCUT2D eigenvalue weighted by molar-refractivity contribution is 0.0693. The molecule has 0 aromatic heterocycles. The Morgan fingerprint density at radius 3 is 2.30 bits per heavy atom. The molecule has 7 heteroatoms. The van der Waals surface area contributed by atoms with Crippen LogP contribution >= 0.6 is 0 Å².